The van der Waals surface area contributed by atoms with Crippen molar-refractivity contribution >= 4 is 5.91 Å². The zero-order valence-corrected chi connectivity index (χ0v) is 9.72. The van der Waals surface area contributed by atoms with Crippen LogP contribution in [0.25, 0.3) is 0 Å². The van der Waals surface area contributed by atoms with E-state index in [1.165, 1.54) is 0 Å². The Hall–Kier alpha value is -1.04. The van der Waals surface area contributed by atoms with Crippen LogP contribution < -0.4 is 5.32 Å². The molecule has 0 aliphatic rings. The van der Waals surface area contributed by atoms with Crippen LogP contribution in [0.4, 0.5) is 0 Å². The van der Waals surface area contributed by atoms with Crippen molar-refractivity contribution in [3.8, 4) is 6.07 Å². The van der Waals surface area contributed by atoms with Gasteiger partial charge in [0.05, 0.1) is 6.07 Å². The number of rotatable bonds is 3. The Bertz CT molecular complexity index is 235. The van der Waals surface area contributed by atoms with Gasteiger partial charge in [-0.2, -0.15) is 5.26 Å². The summed E-state index contributed by atoms with van der Waals surface area (Å²) in [6.07, 6.45) is 0.482. The van der Waals surface area contributed by atoms with Crippen LogP contribution in [0.5, 0.6) is 0 Å². The highest BCUT2D eigenvalue weighted by atomic mass is 16.1. The second-order valence-electron chi connectivity index (χ2n) is 4.89. The van der Waals surface area contributed by atoms with Gasteiger partial charge < -0.3 is 5.32 Å². The lowest BCUT2D eigenvalue weighted by Crippen LogP contribution is -2.34. The maximum Gasteiger partial charge on any atom is 0.221 e. The van der Waals surface area contributed by atoms with Crippen LogP contribution in [0.15, 0.2) is 0 Å². The summed E-state index contributed by atoms with van der Waals surface area (Å²) in [6.45, 7) is 10.1. The normalized spacial score (nSPS) is 15.4. The molecule has 3 nitrogen and oxygen atoms in total. The number of carbonyl (C=O) groups is 1. The van der Waals surface area contributed by atoms with Crippen LogP contribution in [0.1, 0.15) is 41.0 Å². The number of hydrogen-bond acceptors (Lipinski definition) is 2. The van der Waals surface area contributed by atoms with Crippen molar-refractivity contribution in [2.24, 2.45) is 11.3 Å². The SMILES string of the molecule is CC(C#N)NC(=O)CC(C)C(C)(C)C. The Balaban J connectivity index is 4.03. The third-order valence-electron chi connectivity index (χ3n) is 2.54. The fourth-order valence-corrected chi connectivity index (χ4v) is 0.917. The first-order valence-electron chi connectivity index (χ1n) is 4.96. The van der Waals surface area contributed by atoms with Crippen LogP contribution in [0.2, 0.25) is 0 Å². The molecule has 0 aliphatic heterocycles. The monoisotopic (exact) mass is 196 g/mol. The van der Waals surface area contributed by atoms with Gasteiger partial charge in [-0.15, -0.1) is 0 Å². The van der Waals surface area contributed by atoms with Gasteiger partial charge in [0.25, 0.3) is 0 Å². The standard InChI is InChI=1S/C11H20N2O/c1-8(11(3,4)5)6-10(14)13-9(2)7-12/h8-9H,6H2,1-5H3,(H,13,14). The average molecular weight is 196 g/mol. The molecule has 2 atom stereocenters. The summed E-state index contributed by atoms with van der Waals surface area (Å²) in [6, 6.07) is 1.58. The summed E-state index contributed by atoms with van der Waals surface area (Å²) in [5.41, 5.74) is 0.132. The quantitative estimate of drug-likeness (QED) is 0.751. The predicted molar refractivity (Wildman–Crippen MR) is 56.5 cm³/mol. The molecule has 0 aromatic carbocycles. The van der Waals surface area contributed by atoms with Crippen molar-refractivity contribution in [1.29, 1.82) is 5.26 Å². The van der Waals surface area contributed by atoms with Gasteiger partial charge in [-0.3, -0.25) is 4.79 Å². The topological polar surface area (TPSA) is 52.9 Å². The maximum atomic E-state index is 11.4. The van der Waals surface area contributed by atoms with Gasteiger partial charge in [0, 0.05) is 6.42 Å². The number of amides is 1. The van der Waals surface area contributed by atoms with E-state index in [0.29, 0.717) is 12.3 Å². The van der Waals surface area contributed by atoms with Gasteiger partial charge >= 0.3 is 0 Å². The van der Waals surface area contributed by atoms with Gasteiger partial charge in [-0.1, -0.05) is 27.7 Å². The fraction of sp³-hybridized carbons (Fsp3) is 0.818. The molecule has 0 aliphatic carbocycles. The summed E-state index contributed by atoms with van der Waals surface area (Å²) < 4.78 is 0. The smallest absolute Gasteiger partial charge is 0.221 e. The van der Waals surface area contributed by atoms with E-state index in [1.807, 2.05) is 6.07 Å². The molecule has 80 valence electrons. The van der Waals surface area contributed by atoms with E-state index in [9.17, 15) is 4.79 Å². The Morgan fingerprint density at radius 2 is 1.93 bits per heavy atom. The first kappa shape index (κ1) is 13.0. The molecule has 0 aromatic heterocycles. The van der Waals surface area contributed by atoms with Crippen molar-refractivity contribution < 1.29 is 4.79 Å². The summed E-state index contributed by atoms with van der Waals surface area (Å²) in [7, 11) is 0. The van der Waals surface area contributed by atoms with Crippen LogP contribution in [0, 0.1) is 22.7 Å². The summed E-state index contributed by atoms with van der Waals surface area (Å²) in [5, 5.41) is 11.1. The lowest BCUT2D eigenvalue weighted by atomic mass is 9.80. The molecule has 0 heterocycles. The van der Waals surface area contributed by atoms with Crippen LogP contribution in [-0.4, -0.2) is 11.9 Å². The van der Waals surface area contributed by atoms with Crippen molar-refractivity contribution in [2.45, 2.75) is 47.1 Å². The minimum atomic E-state index is -0.394. The fourth-order valence-electron chi connectivity index (χ4n) is 0.917. The number of hydrogen-bond donors (Lipinski definition) is 1. The van der Waals surface area contributed by atoms with Gasteiger partial charge in [0.2, 0.25) is 5.91 Å². The van der Waals surface area contributed by atoms with Gasteiger partial charge in [-0.25, -0.2) is 0 Å². The molecular formula is C11H20N2O. The van der Waals surface area contributed by atoms with Gasteiger partial charge in [0.1, 0.15) is 6.04 Å². The van der Waals surface area contributed by atoms with E-state index in [2.05, 4.69) is 33.0 Å². The molecule has 3 heteroatoms. The van der Waals surface area contributed by atoms with Gasteiger partial charge in [0.15, 0.2) is 0 Å². The number of nitriles is 1. The zero-order chi connectivity index (χ0) is 11.4. The molecule has 0 spiro atoms. The zero-order valence-electron chi connectivity index (χ0n) is 9.72. The molecule has 0 saturated carbocycles. The lowest BCUT2D eigenvalue weighted by molar-refractivity contribution is -0.122. The molecule has 0 aromatic rings. The van der Waals surface area contributed by atoms with Crippen LogP contribution >= 0.6 is 0 Å². The molecule has 14 heavy (non-hydrogen) atoms. The van der Waals surface area contributed by atoms with E-state index in [1.54, 1.807) is 6.92 Å². The Morgan fingerprint density at radius 1 is 1.43 bits per heavy atom. The molecule has 0 fully saturated rings. The number of carbonyl (C=O) groups excluding carboxylic acids is 1. The third kappa shape index (κ3) is 4.86. The third-order valence-corrected chi connectivity index (χ3v) is 2.54. The second-order valence-corrected chi connectivity index (χ2v) is 4.89. The summed E-state index contributed by atoms with van der Waals surface area (Å²) in [5.74, 6) is 0.273. The van der Waals surface area contributed by atoms with E-state index in [4.69, 9.17) is 5.26 Å². The molecule has 0 bridgehead atoms. The van der Waals surface area contributed by atoms with Crippen LogP contribution in [0.3, 0.4) is 0 Å². The first-order valence-corrected chi connectivity index (χ1v) is 4.96. The highest BCUT2D eigenvalue weighted by molar-refractivity contribution is 5.76. The van der Waals surface area contributed by atoms with Crippen molar-refractivity contribution in [2.75, 3.05) is 0 Å². The van der Waals surface area contributed by atoms with E-state index >= 15 is 0 Å². The van der Waals surface area contributed by atoms with E-state index in [0.717, 1.165) is 0 Å². The molecular weight excluding hydrogens is 176 g/mol. The largest absolute Gasteiger partial charge is 0.341 e. The summed E-state index contributed by atoms with van der Waals surface area (Å²) >= 11 is 0. The Morgan fingerprint density at radius 3 is 2.29 bits per heavy atom. The average Bonchev–Trinajstić information content (AvgIpc) is 2.02. The predicted octanol–water partition coefficient (Wildman–Crippen LogP) is 2.09. The number of nitrogens with zero attached hydrogens (tertiary/aromatic N) is 1. The van der Waals surface area contributed by atoms with Gasteiger partial charge in [-0.05, 0) is 18.3 Å². The molecule has 0 rings (SSSR count). The molecule has 1 amide bonds. The molecule has 0 saturated heterocycles. The molecule has 0 radical (unpaired) electrons. The van der Waals surface area contributed by atoms with Crippen LogP contribution in [-0.2, 0) is 4.79 Å². The van der Waals surface area contributed by atoms with Crippen molar-refractivity contribution in [3.63, 3.8) is 0 Å². The highest BCUT2D eigenvalue weighted by Gasteiger charge is 2.22. The van der Waals surface area contributed by atoms with E-state index in [-0.39, 0.29) is 11.3 Å². The second kappa shape index (κ2) is 4.99. The van der Waals surface area contributed by atoms with E-state index < -0.39 is 6.04 Å². The summed E-state index contributed by atoms with van der Waals surface area (Å²) in [4.78, 5) is 11.4. The van der Waals surface area contributed by atoms with Crippen molar-refractivity contribution in [3.05, 3.63) is 0 Å². The molecule has 1 N–H and O–H groups in total. The highest BCUT2D eigenvalue weighted by Crippen LogP contribution is 2.27. The minimum absolute atomic E-state index is 0.0403. The van der Waals surface area contributed by atoms with Crippen molar-refractivity contribution in [1.82, 2.24) is 5.32 Å². The Labute approximate surface area is 86.5 Å². The minimum Gasteiger partial charge on any atom is -0.341 e. The number of nitrogens with one attached hydrogen (secondary N) is 1. The maximum absolute atomic E-state index is 11.4. The first-order chi connectivity index (χ1) is 6.27. The lowest BCUT2D eigenvalue weighted by Gasteiger charge is -2.26. The molecule has 2 unspecified atom stereocenters. The Kier molecular flexibility index (Phi) is 4.62.